The Labute approximate surface area is 163 Å². The summed E-state index contributed by atoms with van der Waals surface area (Å²) in [6, 6.07) is 12.1. The van der Waals surface area contributed by atoms with E-state index in [2.05, 4.69) is 5.32 Å². The molecule has 0 saturated heterocycles. The molecule has 0 spiro atoms. The Morgan fingerprint density at radius 3 is 2.59 bits per heavy atom. The summed E-state index contributed by atoms with van der Waals surface area (Å²) < 4.78 is 10.5. The summed E-state index contributed by atoms with van der Waals surface area (Å²) >= 11 is 12.0. The van der Waals surface area contributed by atoms with Crippen LogP contribution < -0.4 is 10.1 Å². The Bertz CT molecular complexity index is 1030. The molecule has 9 heteroatoms. The van der Waals surface area contributed by atoms with Gasteiger partial charge >= 0.3 is 5.69 Å². The van der Waals surface area contributed by atoms with Gasteiger partial charge in [-0.2, -0.15) is 0 Å². The molecule has 0 aliphatic carbocycles. The Balaban J connectivity index is 1.82. The van der Waals surface area contributed by atoms with Crippen molar-refractivity contribution in [2.24, 2.45) is 0 Å². The molecule has 1 heterocycles. The van der Waals surface area contributed by atoms with Crippen molar-refractivity contribution in [1.29, 1.82) is 0 Å². The standard InChI is InChI=1S/C18H12Cl2N2O5/c1-26-16-5-3-11(9-14(16)22(24)25)21-18(23)17-7-6-15(27-17)12-4-2-10(19)8-13(12)20/h2-9H,1H3,(H,21,23). The van der Waals surface area contributed by atoms with Crippen molar-refractivity contribution in [1.82, 2.24) is 0 Å². The van der Waals surface area contributed by atoms with Gasteiger partial charge in [-0.3, -0.25) is 14.9 Å². The number of amides is 1. The van der Waals surface area contributed by atoms with Gasteiger partial charge in [0.2, 0.25) is 0 Å². The van der Waals surface area contributed by atoms with Crippen LogP contribution in [0.25, 0.3) is 11.3 Å². The lowest BCUT2D eigenvalue weighted by Gasteiger charge is -2.06. The van der Waals surface area contributed by atoms with E-state index < -0.39 is 10.8 Å². The molecule has 1 amide bonds. The molecule has 138 valence electrons. The zero-order valence-corrected chi connectivity index (χ0v) is 15.4. The summed E-state index contributed by atoms with van der Waals surface area (Å²) in [5.74, 6) is -0.0570. The topological polar surface area (TPSA) is 94.6 Å². The predicted molar refractivity (Wildman–Crippen MR) is 102 cm³/mol. The zero-order valence-electron chi connectivity index (χ0n) is 13.9. The van der Waals surface area contributed by atoms with Gasteiger partial charge in [-0.25, -0.2) is 0 Å². The van der Waals surface area contributed by atoms with E-state index in [1.165, 1.54) is 31.4 Å². The van der Waals surface area contributed by atoms with Crippen LogP contribution in [0, 0.1) is 10.1 Å². The largest absolute Gasteiger partial charge is 0.490 e. The molecule has 0 atom stereocenters. The lowest BCUT2D eigenvalue weighted by Crippen LogP contribution is -2.11. The molecular weight excluding hydrogens is 395 g/mol. The summed E-state index contributed by atoms with van der Waals surface area (Å²) in [5.41, 5.74) is 0.554. The summed E-state index contributed by atoms with van der Waals surface area (Å²) in [4.78, 5) is 22.9. The van der Waals surface area contributed by atoms with E-state index in [9.17, 15) is 14.9 Å². The molecule has 3 aromatic rings. The van der Waals surface area contributed by atoms with Crippen LogP contribution in [-0.2, 0) is 0 Å². The number of nitrogens with zero attached hydrogens (tertiary/aromatic N) is 1. The minimum absolute atomic E-state index is 0.0227. The second-order valence-corrected chi connectivity index (χ2v) is 6.23. The number of hydrogen-bond donors (Lipinski definition) is 1. The molecule has 27 heavy (non-hydrogen) atoms. The highest BCUT2D eigenvalue weighted by Crippen LogP contribution is 2.32. The fourth-order valence-corrected chi connectivity index (χ4v) is 2.90. The molecule has 0 saturated carbocycles. The molecule has 7 nitrogen and oxygen atoms in total. The van der Waals surface area contributed by atoms with Crippen LogP contribution >= 0.6 is 23.2 Å². The van der Waals surface area contributed by atoms with Crippen molar-refractivity contribution in [3.05, 3.63) is 74.5 Å². The first-order valence-corrected chi connectivity index (χ1v) is 8.33. The molecule has 0 fully saturated rings. The lowest BCUT2D eigenvalue weighted by molar-refractivity contribution is -0.385. The number of carbonyl (C=O) groups is 1. The van der Waals surface area contributed by atoms with Gasteiger partial charge in [0.15, 0.2) is 11.5 Å². The predicted octanol–water partition coefficient (Wildman–Crippen LogP) is 5.42. The third-order valence-electron chi connectivity index (χ3n) is 3.66. The van der Waals surface area contributed by atoms with Crippen molar-refractivity contribution in [3.63, 3.8) is 0 Å². The highest BCUT2D eigenvalue weighted by atomic mass is 35.5. The zero-order chi connectivity index (χ0) is 19.6. The van der Waals surface area contributed by atoms with Gasteiger partial charge in [-0.1, -0.05) is 23.2 Å². The number of benzene rings is 2. The maximum Gasteiger partial charge on any atom is 0.312 e. The van der Waals surface area contributed by atoms with E-state index in [-0.39, 0.29) is 22.9 Å². The van der Waals surface area contributed by atoms with Crippen molar-refractivity contribution < 1.29 is 18.9 Å². The molecule has 1 N–H and O–H groups in total. The molecule has 0 aliphatic rings. The number of nitro benzene ring substituents is 1. The van der Waals surface area contributed by atoms with E-state index in [0.717, 1.165) is 0 Å². The highest BCUT2D eigenvalue weighted by Gasteiger charge is 2.18. The number of halogens is 2. The quantitative estimate of drug-likeness (QED) is 0.450. The van der Waals surface area contributed by atoms with Crippen LogP contribution in [0.5, 0.6) is 5.75 Å². The Kier molecular flexibility index (Phi) is 5.34. The average molecular weight is 407 g/mol. The first-order valence-electron chi connectivity index (χ1n) is 7.58. The minimum Gasteiger partial charge on any atom is -0.490 e. The first kappa shape index (κ1) is 18.8. The molecular formula is C18H12Cl2N2O5. The normalized spacial score (nSPS) is 10.5. The Hall–Kier alpha value is -3.03. The first-order chi connectivity index (χ1) is 12.9. The van der Waals surface area contributed by atoms with Crippen LogP contribution in [0.3, 0.4) is 0 Å². The van der Waals surface area contributed by atoms with Crippen LogP contribution in [0.2, 0.25) is 10.0 Å². The number of methoxy groups -OCH3 is 1. The second kappa shape index (κ2) is 7.69. The van der Waals surface area contributed by atoms with Crippen molar-refractivity contribution in [2.75, 3.05) is 12.4 Å². The number of hydrogen-bond acceptors (Lipinski definition) is 5. The molecule has 0 unspecified atom stereocenters. The summed E-state index contributed by atoms with van der Waals surface area (Å²) in [7, 11) is 1.33. The molecule has 0 radical (unpaired) electrons. The van der Waals surface area contributed by atoms with Crippen molar-refractivity contribution in [3.8, 4) is 17.1 Å². The number of nitro groups is 1. The van der Waals surface area contributed by atoms with Crippen LogP contribution in [0.1, 0.15) is 10.6 Å². The molecule has 2 aromatic carbocycles. The van der Waals surface area contributed by atoms with E-state index >= 15 is 0 Å². The second-order valence-electron chi connectivity index (χ2n) is 5.39. The van der Waals surface area contributed by atoms with Gasteiger partial charge in [-0.15, -0.1) is 0 Å². The van der Waals surface area contributed by atoms with Crippen LogP contribution in [-0.4, -0.2) is 17.9 Å². The van der Waals surface area contributed by atoms with Gasteiger partial charge in [0.25, 0.3) is 5.91 Å². The smallest absolute Gasteiger partial charge is 0.312 e. The monoisotopic (exact) mass is 406 g/mol. The van der Waals surface area contributed by atoms with Crippen molar-refractivity contribution in [2.45, 2.75) is 0 Å². The summed E-state index contributed by atoms with van der Waals surface area (Å²) in [6.45, 7) is 0. The third kappa shape index (κ3) is 4.05. The van der Waals surface area contributed by atoms with Crippen LogP contribution in [0.4, 0.5) is 11.4 Å². The minimum atomic E-state index is -0.595. The van der Waals surface area contributed by atoms with Gasteiger partial charge in [0.1, 0.15) is 5.76 Å². The van der Waals surface area contributed by atoms with Gasteiger partial charge in [0.05, 0.1) is 17.1 Å². The lowest BCUT2D eigenvalue weighted by atomic mass is 10.2. The number of rotatable bonds is 5. The molecule has 0 bridgehead atoms. The number of anilines is 1. The van der Waals surface area contributed by atoms with E-state index in [4.69, 9.17) is 32.4 Å². The van der Waals surface area contributed by atoms with Crippen LogP contribution in [0.15, 0.2) is 52.9 Å². The summed E-state index contributed by atoms with van der Waals surface area (Å²) in [5, 5.41) is 14.5. The number of ether oxygens (including phenoxy) is 1. The Morgan fingerprint density at radius 2 is 1.93 bits per heavy atom. The highest BCUT2D eigenvalue weighted by molar-refractivity contribution is 6.36. The fourth-order valence-electron chi connectivity index (χ4n) is 2.40. The van der Waals surface area contributed by atoms with Gasteiger partial charge in [-0.05, 0) is 42.5 Å². The Morgan fingerprint density at radius 1 is 1.15 bits per heavy atom. The third-order valence-corrected chi connectivity index (χ3v) is 4.21. The average Bonchev–Trinajstić information content (AvgIpc) is 3.11. The van der Waals surface area contributed by atoms with E-state index in [1.807, 2.05) is 0 Å². The van der Waals surface area contributed by atoms with E-state index in [1.54, 1.807) is 24.3 Å². The molecule has 0 aliphatic heterocycles. The number of nitrogens with one attached hydrogen (secondary N) is 1. The van der Waals surface area contributed by atoms with Gasteiger partial charge < -0.3 is 14.5 Å². The maximum atomic E-state index is 12.4. The number of carbonyl (C=O) groups excluding carboxylic acids is 1. The summed E-state index contributed by atoms with van der Waals surface area (Å²) in [6.07, 6.45) is 0. The van der Waals surface area contributed by atoms with Gasteiger partial charge in [0, 0.05) is 22.3 Å². The molecule has 3 rings (SSSR count). The van der Waals surface area contributed by atoms with Crippen molar-refractivity contribution >= 4 is 40.5 Å². The molecule has 1 aromatic heterocycles. The number of furan rings is 1. The fraction of sp³-hybridized carbons (Fsp3) is 0.0556. The SMILES string of the molecule is COc1ccc(NC(=O)c2ccc(-c3ccc(Cl)cc3Cl)o2)cc1[N+](=O)[O-]. The van der Waals surface area contributed by atoms with E-state index in [0.29, 0.717) is 21.4 Å². The maximum absolute atomic E-state index is 12.4.